The molecular formula is C15H17ClN4OS. The number of nitrogens with zero attached hydrogens (tertiary/aromatic N) is 3. The van der Waals surface area contributed by atoms with Gasteiger partial charge in [0.2, 0.25) is 0 Å². The second-order valence-corrected chi connectivity index (χ2v) is 6.60. The van der Waals surface area contributed by atoms with Crippen LogP contribution >= 0.6 is 22.9 Å². The molecule has 1 N–H and O–H groups in total. The fourth-order valence-corrected chi connectivity index (χ4v) is 3.51. The van der Waals surface area contributed by atoms with E-state index in [0.29, 0.717) is 24.1 Å². The maximum Gasteiger partial charge on any atom is 0.329 e. The van der Waals surface area contributed by atoms with Crippen molar-refractivity contribution < 1.29 is 0 Å². The Morgan fingerprint density at radius 3 is 2.59 bits per heavy atom. The zero-order valence-electron chi connectivity index (χ0n) is 12.5. The number of halogens is 1. The molecule has 2 heterocycles. The third-order valence-electron chi connectivity index (χ3n) is 3.64. The Bertz CT molecular complexity index is 864. The highest BCUT2D eigenvalue weighted by molar-refractivity contribution is 7.15. The molecule has 2 aromatic heterocycles. The predicted octanol–water partition coefficient (Wildman–Crippen LogP) is 3.56. The Kier molecular flexibility index (Phi) is 4.22. The number of thiazole rings is 1. The zero-order chi connectivity index (χ0) is 15.7. The van der Waals surface area contributed by atoms with Crippen molar-refractivity contribution in [2.75, 3.05) is 5.32 Å². The van der Waals surface area contributed by atoms with E-state index >= 15 is 0 Å². The van der Waals surface area contributed by atoms with Gasteiger partial charge >= 0.3 is 5.69 Å². The molecule has 7 heteroatoms. The minimum atomic E-state index is 0.0476. The van der Waals surface area contributed by atoms with E-state index in [1.807, 2.05) is 32.0 Å². The molecule has 5 nitrogen and oxygen atoms in total. The molecule has 0 spiro atoms. The van der Waals surface area contributed by atoms with E-state index in [0.717, 1.165) is 21.6 Å². The molecule has 0 radical (unpaired) electrons. The first kappa shape index (κ1) is 15.1. The molecule has 3 aromatic rings. The minimum absolute atomic E-state index is 0.0476. The molecule has 0 bridgehead atoms. The van der Waals surface area contributed by atoms with Crippen molar-refractivity contribution in [3.8, 4) is 0 Å². The lowest BCUT2D eigenvalue weighted by molar-refractivity contribution is 0.671. The van der Waals surface area contributed by atoms with E-state index in [2.05, 4.69) is 10.3 Å². The quantitative estimate of drug-likeness (QED) is 0.775. The van der Waals surface area contributed by atoms with Crippen molar-refractivity contribution in [2.24, 2.45) is 0 Å². The van der Waals surface area contributed by atoms with Gasteiger partial charge in [0.25, 0.3) is 0 Å². The molecule has 3 rings (SSSR count). The number of aromatic nitrogens is 3. The van der Waals surface area contributed by atoms with Crippen LogP contribution < -0.4 is 11.0 Å². The van der Waals surface area contributed by atoms with E-state index in [4.69, 9.17) is 11.6 Å². The Balaban J connectivity index is 1.93. The van der Waals surface area contributed by atoms with Crippen LogP contribution in [0.5, 0.6) is 0 Å². The fourth-order valence-electron chi connectivity index (χ4n) is 2.60. The molecule has 0 amide bonds. The van der Waals surface area contributed by atoms with Crippen molar-refractivity contribution in [1.82, 2.24) is 14.1 Å². The Morgan fingerprint density at radius 1 is 1.23 bits per heavy atom. The van der Waals surface area contributed by atoms with Crippen LogP contribution in [0.25, 0.3) is 11.0 Å². The van der Waals surface area contributed by atoms with Crippen LogP contribution in [-0.4, -0.2) is 14.1 Å². The van der Waals surface area contributed by atoms with Crippen LogP contribution in [0.15, 0.2) is 29.2 Å². The van der Waals surface area contributed by atoms with Gasteiger partial charge in [-0.05, 0) is 32.0 Å². The molecule has 0 aliphatic heterocycles. The van der Waals surface area contributed by atoms with Gasteiger partial charge in [0, 0.05) is 29.9 Å². The fraction of sp³-hybridized carbons (Fsp3) is 0.333. The molecule has 22 heavy (non-hydrogen) atoms. The summed E-state index contributed by atoms with van der Waals surface area (Å²) in [5.41, 5.74) is 2.96. The van der Waals surface area contributed by atoms with E-state index in [-0.39, 0.29) is 5.69 Å². The molecule has 0 aliphatic carbocycles. The molecule has 0 unspecified atom stereocenters. The molecule has 0 saturated heterocycles. The molecule has 0 atom stereocenters. The second-order valence-electron chi connectivity index (χ2n) is 4.91. The molecule has 116 valence electrons. The van der Waals surface area contributed by atoms with Gasteiger partial charge in [-0.3, -0.25) is 9.13 Å². The van der Waals surface area contributed by atoms with Gasteiger partial charge in [0.1, 0.15) is 0 Å². The van der Waals surface area contributed by atoms with Gasteiger partial charge < -0.3 is 5.32 Å². The number of fused-ring (bicyclic) bond motifs is 1. The maximum atomic E-state index is 12.3. The van der Waals surface area contributed by atoms with Crippen molar-refractivity contribution in [1.29, 1.82) is 0 Å². The van der Waals surface area contributed by atoms with Crippen molar-refractivity contribution in [3.63, 3.8) is 0 Å². The average molecular weight is 337 g/mol. The van der Waals surface area contributed by atoms with Crippen LogP contribution in [0, 0.1) is 0 Å². The van der Waals surface area contributed by atoms with Gasteiger partial charge in [-0.25, -0.2) is 9.78 Å². The molecular weight excluding hydrogens is 320 g/mol. The lowest BCUT2D eigenvalue weighted by Crippen LogP contribution is -2.23. The Morgan fingerprint density at radius 2 is 1.95 bits per heavy atom. The number of nitrogens with one attached hydrogen (secondary N) is 1. The van der Waals surface area contributed by atoms with Crippen molar-refractivity contribution in [3.05, 3.63) is 44.2 Å². The maximum absolute atomic E-state index is 12.3. The second kappa shape index (κ2) is 6.14. The largest absolute Gasteiger partial charge is 0.380 e. The molecule has 0 saturated carbocycles. The van der Waals surface area contributed by atoms with E-state index in [1.165, 1.54) is 11.3 Å². The number of hydrogen-bond acceptors (Lipinski definition) is 4. The molecule has 0 aliphatic rings. The SMILES string of the molecule is CCn1c(=O)n(CC)c2cc(NCc3cnc(Cl)s3)ccc21. The smallest absolute Gasteiger partial charge is 0.329 e. The number of imidazole rings is 1. The number of aryl methyl sites for hydroxylation is 2. The third kappa shape index (κ3) is 2.64. The minimum Gasteiger partial charge on any atom is -0.380 e. The first-order valence-electron chi connectivity index (χ1n) is 7.21. The van der Waals surface area contributed by atoms with Crippen LogP contribution in [-0.2, 0) is 19.6 Å². The number of anilines is 1. The number of hydrogen-bond donors (Lipinski definition) is 1. The zero-order valence-corrected chi connectivity index (χ0v) is 14.0. The Labute approximate surface area is 137 Å². The first-order chi connectivity index (χ1) is 10.6. The lowest BCUT2D eigenvalue weighted by Gasteiger charge is -2.06. The van der Waals surface area contributed by atoms with Crippen molar-refractivity contribution >= 4 is 39.7 Å². The topological polar surface area (TPSA) is 51.9 Å². The third-order valence-corrected chi connectivity index (χ3v) is 4.76. The summed E-state index contributed by atoms with van der Waals surface area (Å²) in [6.07, 6.45) is 1.77. The van der Waals surface area contributed by atoms with Crippen LogP contribution in [0.4, 0.5) is 5.69 Å². The summed E-state index contributed by atoms with van der Waals surface area (Å²) in [6, 6.07) is 6.01. The summed E-state index contributed by atoms with van der Waals surface area (Å²) in [6.45, 7) is 5.98. The highest BCUT2D eigenvalue weighted by Gasteiger charge is 2.11. The highest BCUT2D eigenvalue weighted by atomic mass is 35.5. The first-order valence-corrected chi connectivity index (χ1v) is 8.40. The summed E-state index contributed by atoms with van der Waals surface area (Å²) in [5, 5.41) is 3.35. The number of benzene rings is 1. The summed E-state index contributed by atoms with van der Waals surface area (Å²) in [7, 11) is 0. The van der Waals surface area contributed by atoms with Gasteiger partial charge in [-0.1, -0.05) is 11.6 Å². The summed E-state index contributed by atoms with van der Waals surface area (Å²) in [4.78, 5) is 17.4. The molecule has 0 fully saturated rings. The average Bonchev–Trinajstić information content (AvgIpc) is 3.04. The summed E-state index contributed by atoms with van der Waals surface area (Å²) >= 11 is 7.30. The highest BCUT2D eigenvalue weighted by Crippen LogP contribution is 2.22. The Hall–Kier alpha value is -1.79. The van der Waals surface area contributed by atoms with Crippen LogP contribution in [0.2, 0.25) is 4.47 Å². The normalized spacial score (nSPS) is 11.2. The monoisotopic (exact) mass is 336 g/mol. The van der Waals surface area contributed by atoms with Gasteiger partial charge in [0.05, 0.1) is 17.6 Å². The van der Waals surface area contributed by atoms with Crippen molar-refractivity contribution in [2.45, 2.75) is 33.5 Å². The van der Waals surface area contributed by atoms with E-state index in [1.54, 1.807) is 15.3 Å². The standard InChI is InChI=1S/C15H17ClN4OS/c1-3-19-12-6-5-10(7-13(12)20(4-2)15(19)21)17-8-11-9-18-14(16)22-11/h5-7,9,17H,3-4,8H2,1-2H3. The van der Waals surface area contributed by atoms with Gasteiger partial charge in [-0.15, -0.1) is 11.3 Å². The summed E-state index contributed by atoms with van der Waals surface area (Å²) < 4.78 is 4.14. The van der Waals surface area contributed by atoms with Crippen LogP contribution in [0.3, 0.4) is 0 Å². The predicted molar refractivity (Wildman–Crippen MR) is 92.0 cm³/mol. The van der Waals surface area contributed by atoms with Gasteiger partial charge in [-0.2, -0.15) is 0 Å². The summed E-state index contributed by atoms with van der Waals surface area (Å²) in [5.74, 6) is 0. The lowest BCUT2D eigenvalue weighted by atomic mass is 10.2. The number of rotatable bonds is 5. The molecule has 1 aromatic carbocycles. The van der Waals surface area contributed by atoms with E-state index < -0.39 is 0 Å². The van der Waals surface area contributed by atoms with Crippen LogP contribution in [0.1, 0.15) is 18.7 Å². The van der Waals surface area contributed by atoms with E-state index in [9.17, 15) is 4.79 Å². The van der Waals surface area contributed by atoms with Gasteiger partial charge in [0.15, 0.2) is 4.47 Å².